The van der Waals surface area contributed by atoms with Crippen molar-refractivity contribution < 1.29 is 23.5 Å². The lowest BCUT2D eigenvalue weighted by Gasteiger charge is -2.06. The summed E-state index contributed by atoms with van der Waals surface area (Å²) in [5, 5.41) is 0. The van der Waals surface area contributed by atoms with Gasteiger partial charge in [-0.3, -0.25) is 4.79 Å². The van der Waals surface area contributed by atoms with Gasteiger partial charge in [0, 0.05) is 6.61 Å². The molecule has 0 bridgehead atoms. The minimum Gasteiger partial charge on any atom is -0.483 e. The molecule has 6 heteroatoms. The van der Waals surface area contributed by atoms with E-state index in [9.17, 15) is 4.79 Å². The fraction of sp³-hybridized carbons (Fsp3) is 0.875. The second-order valence-electron chi connectivity index (χ2n) is 2.93. The third kappa shape index (κ3) is 4.60. The molecule has 0 aliphatic carbocycles. The first-order valence-corrected chi connectivity index (χ1v) is 4.83. The monoisotopic (exact) mass is 202 g/mol. The molecule has 0 N–H and O–H groups in total. The molecule has 1 heterocycles. The Bertz CT molecular complexity index is 169. The number of unbranched alkanes of at least 4 members (excludes halogenated alkanes) is 1. The van der Waals surface area contributed by atoms with Crippen molar-refractivity contribution >= 4 is 13.3 Å². The first kappa shape index (κ1) is 11.5. The van der Waals surface area contributed by atoms with Gasteiger partial charge in [0.2, 0.25) is 0 Å². The van der Waals surface area contributed by atoms with Crippen LogP contribution in [0.3, 0.4) is 0 Å². The van der Waals surface area contributed by atoms with Crippen LogP contribution < -0.4 is 0 Å². The highest BCUT2D eigenvalue weighted by Gasteiger charge is 2.31. The van der Waals surface area contributed by atoms with E-state index < -0.39 is 13.3 Å². The molecular formula is C8H15BO5. The Hall–Kier alpha value is -0.585. The highest BCUT2D eigenvalue weighted by atomic mass is 16.8. The Labute approximate surface area is 83.8 Å². The first-order valence-electron chi connectivity index (χ1n) is 4.83. The molecule has 0 atom stereocenters. The molecule has 14 heavy (non-hydrogen) atoms. The lowest BCUT2D eigenvalue weighted by molar-refractivity contribution is -0.142. The van der Waals surface area contributed by atoms with Crippen molar-refractivity contribution in [3.8, 4) is 0 Å². The average Bonchev–Trinajstić information content (AvgIpc) is 2.65. The Kier molecular flexibility index (Phi) is 5.59. The highest BCUT2D eigenvalue weighted by Crippen LogP contribution is 2.01. The molecule has 0 aromatic heterocycles. The second-order valence-corrected chi connectivity index (χ2v) is 2.93. The van der Waals surface area contributed by atoms with E-state index >= 15 is 0 Å². The van der Waals surface area contributed by atoms with Crippen molar-refractivity contribution in [1.29, 1.82) is 0 Å². The van der Waals surface area contributed by atoms with Gasteiger partial charge in [-0.1, -0.05) is 13.3 Å². The van der Waals surface area contributed by atoms with Crippen LogP contribution in [0.5, 0.6) is 0 Å². The van der Waals surface area contributed by atoms with Gasteiger partial charge >= 0.3 is 13.3 Å². The number of carbonyl (C=O) groups excluding carboxylic acids is 1. The zero-order valence-electron chi connectivity index (χ0n) is 8.36. The summed E-state index contributed by atoms with van der Waals surface area (Å²) in [5.41, 5.74) is 0. The average molecular weight is 202 g/mol. The van der Waals surface area contributed by atoms with Gasteiger partial charge in [0.15, 0.2) is 0 Å². The van der Waals surface area contributed by atoms with Crippen molar-refractivity contribution in [2.24, 2.45) is 0 Å². The molecule has 0 spiro atoms. The maximum Gasteiger partial charge on any atom is 0.715 e. The van der Waals surface area contributed by atoms with E-state index in [-0.39, 0.29) is 6.61 Å². The van der Waals surface area contributed by atoms with Crippen LogP contribution in [0.15, 0.2) is 0 Å². The minimum atomic E-state index is -0.836. The molecule has 0 saturated carbocycles. The van der Waals surface area contributed by atoms with Crippen LogP contribution in [-0.2, 0) is 23.5 Å². The topological polar surface area (TPSA) is 54.0 Å². The molecule has 1 fully saturated rings. The molecule has 1 aliphatic rings. The largest absolute Gasteiger partial charge is 0.715 e. The van der Waals surface area contributed by atoms with E-state index in [2.05, 4.69) is 6.92 Å². The summed E-state index contributed by atoms with van der Waals surface area (Å²) in [6.07, 6.45) is 1.99. The van der Waals surface area contributed by atoms with Crippen molar-refractivity contribution in [2.75, 3.05) is 26.4 Å². The first-order chi connectivity index (χ1) is 6.83. The summed E-state index contributed by atoms with van der Waals surface area (Å²) in [6, 6.07) is 0. The van der Waals surface area contributed by atoms with Gasteiger partial charge in [0.25, 0.3) is 0 Å². The highest BCUT2D eigenvalue weighted by molar-refractivity contribution is 6.39. The zero-order valence-corrected chi connectivity index (χ0v) is 8.36. The summed E-state index contributed by atoms with van der Waals surface area (Å²) in [5.74, 6) is -0.451. The third-order valence-corrected chi connectivity index (χ3v) is 1.68. The van der Waals surface area contributed by atoms with Gasteiger partial charge in [-0.25, -0.2) is 0 Å². The summed E-state index contributed by atoms with van der Waals surface area (Å²) in [7, 11) is -0.836. The van der Waals surface area contributed by atoms with Crippen LogP contribution in [-0.4, -0.2) is 39.7 Å². The molecular weight excluding hydrogens is 187 g/mol. The van der Waals surface area contributed by atoms with Crippen molar-refractivity contribution in [1.82, 2.24) is 0 Å². The lowest BCUT2D eigenvalue weighted by Crippen LogP contribution is -2.26. The Morgan fingerprint density at radius 2 is 2.14 bits per heavy atom. The van der Waals surface area contributed by atoms with Gasteiger partial charge in [-0.2, -0.15) is 0 Å². The van der Waals surface area contributed by atoms with Crippen LogP contribution in [0.1, 0.15) is 19.8 Å². The zero-order chi connectivity index (χ0) is 10.2. The molecule has 0 amide bonds. The maximum atomic E-state index is 11.1. The van der Waals surface area contributed by atoms with Gasteiger partial charge in [-0.15, -0.1) is 0 Å². The van der Waals surface area contributed by atoms with Crippen molar-refractivity contribution in [3.63, 3.8) is 0 Å². The molecule has 0 aromatic rings. The fourth-order valence-corrected chi connectivity index (χ4v) is 0.948. The predicted octanol–water partition coefficient (Wildman–Crippen LogP) is 0.378. The van der Waals surface area contributed by atoms with Crippen LogP contribution in [0.4, 0.5) is 0 Å². The Morgan fingerprint density at radius 3 is 2.79 bits per heavy atom. The standard InChI is InChI=1S/C8H15BO5/c1-2-3-4-11-7-8(10)14-9-12-5-6-13-9/h2-7H2,1H3. The van der Waals surface area contributed by atoms with E-state index in [1.54, 1.807) is 0 Å². The molecule has 80 valence electrons. The third-order valence-electron chi connectivity index (χ3n) is 1.68. The quantitative estimate of drug-likeness (QED) is 0.460. The maximum absolute atomic E-state index is 11.1. The molecule has 1 aliphatic heterocycles. The van der Waals surface area contributed by atoms with Gasteiger partial charge in [-0.05, 0) is 6.42 Å². The van der Waals surface area contributed by atoms with Crippen LogP contribution in [0.2, 0.25) is 0 Å². The normalized spacial score (nSPS) is 15.9. The second kappa shape index (κ2) is 6.81. The van der Waals surface area contributed by atoms with E-state index in [4.69, 9.17) is 18.7 Å². The summed E-state index contributed by atoms with van der Waals surface area (Å²) in [4.78, 5) is 11.1. The molecule has 0 unspecified atom stereocenters. The van der Waals surface area contributed by atoms with Gasteiger partial charge in [0.05, 0.1) is 13.2 Å². The summed E-state index contributed by atoms with van der Waals surface area (Å²) >= 11 is 0. The van der Waals surface area contributed by atoms with Crippen molar-refractivity contribution in [2.45, 2.75) is 19.8 Å². The van der Waals surface area contributed by atoms with E-state index in [0.717, 1.165) is 12.8 Å². The van der Waals surface area contributed by atoms with Gasteiger partial charge < -0.3 is 18.7 Å². The van der Waals surface area contributed by atoms with E-state index in [1.807, 2.05) is 0 Å². The number of hydrogen-bond acceptors (Lipinski definition) is 5. The lowest BCUT2D eigenvalue weighted by atomic mass is 10.2. The molecule has 1 saturated heterocycles. The van der Waals surface area contributed by atoms with Crippen LogP contribution >= 0.6 is 0 Å². The number of rotatable bonds is 6. The summed E-state index contributed by atoms with van der Waals surface area (Å²) < 4.78 is 19.7. The smallest absolute Gasteiger partial charge is 0.483 e. The van der Waals surface area contributed by atoms with E-state index in [0.29, 0.717) is 19.8 Å². The molecule has 0 aromatic carbocycles. The Morgan fingerprint density at radius 1 is 1.43 bits per heavy atom. The SMILES string of the molecule is CCCCOCC(=O)OB1OCCO1. The number of ether oxygens (including phenoxy) is 1. The fourth-order valence-electron chi connectivity index (χ4n) is 0.948. The van der Waals surface area contributed by atoms with Crippen LogP contribution in [0, 0.1) is 0 Å². The molecule has 5 nitrogen and oxygen atoms in total. The number of carbonyl (C=O) groups is 1. The summed E-state index contributed by atoms with van der Waals surface area (Å²) in [6.45, 7) is 3.53. The van der Waals surface area contributed by atoms with Crippen LogP contribution in [0.25, 0.3) is 0 Å². The van der Waals surface area contributed by atoms with E-state index in [1.165, 1.54) is 0 Å². The molecule has 1 rings (SSSR count). The molecule has 0 radical (unpaired) electrons. The predicted molar refractivity (Wildman–Crippen MR) is 49.5 cm³/mol. The number of hydrogen-bond donors (Lipinski definition) is 0. The minimum absolute atomic E-state index is 0.0385. The Balaban J connectivity index is 1.98. The van der Waals surface area contributed by atoms with Crippen molar-refractivity contribution in [3.05, 3.63) is 0 Å². The van der Waals surface area contributed by atoms with Gasteiger partial charge in [0.1, 0.15) is 6.61 Å².